The maximum atomic E-state index is 12.7. The third-order valence-corrected chi connectivity index (χ3v) is 5.59. The maximum absolute atomic E-state index is 12.7. The molecule has 150 valence electrons. The SMILES string of the molecule is CCN(CC)c1ccc(/C=C2/SC(=O)N(Cc3ccc([N+](=O)[O-])cc3)C2=O)cc1. The predicted molar refractivity (Wildman–Crippen MR) is 115 cm³/mol. The summed E-state index contributed by atoms with van der Waals surface area (Å²) >= 11 is 0.903. The second-order valence-electron chi connectivity index (χ2n) is 6.46. The van der Waals surface area contributed by atoms with E-state index in [1.807, 2.05) is 24.3 Å². The van der Waals surface area contributed by atoms with Crippen LogP contribution in [-0.2, 0) is 11.3 Å². The van der Waals surface area contributed by atoms with Gasteiger partial charge >= 0.3 is 0 Å². The average Bonchev–Trinajstić information content (AvgIpc) is 2.98. The van der Waals surface area contributed by atoms with Crippen LogP contribution >= 0.6 is 11.8 Å². The van der Waals surface area contributed by atoms with Crippen molar-refractivity contribution in [3.05, 3.63) is 74.7 Å². The number of thioether (sulfide) groups is 1. The van der Waals surface area contributed by atoms with Gasteiger partial charge in [-0.05, 0) is 54.9 Å². The van der Waals surface area contributed by atoms with Crippen LogP contribution in [0.2, 0.25) is 0 Å². The Morgan fingerprint density at radius 2 is 1.66 bits per heavy atom. The zero-order chi connectivity index (χ0) is 21.0. The number of non-ortho nitro benzene ring substituents is 1. The van der Waals surface area contributed by atoms with Crippen LogP contribution in [0.25, 0.3) is 6.08 Å². The number of hydrogen-bond acceptors (Lipinski definition) is 6. The van der Waals surface area contributed by atoms with Gasteiger partial charge < -0.3 is 4.90 Å². The Labute approximate surface area is 173 Å². The van der Waals surface area contributed by atoms with E-state index in [-0.39, 0.29) is 23.4 Å². The van der Waals surface area contributed by atoms with Crippen LogP contribution in [0.1, 0.15) is 25.0 Å². The van der Waals surface area contributed by atoms with E-state index in [1.165, 1.54) is 12.1 Å². The fourth-order valence-electron chi connectivity index (χ4n) is 3.06. The molecule has 1 saturated heterocycles. The van der Waals surface area contributed by atoms with Gasteiger partial charge in [0.1, 0.15) is 0 Å². The smallest absolute Gasteiger partial charge is 0.293 e. The van der Waals surface area contributed by atoms with Gasteiger partial charge in [-0.1, -0.05) is 24.3 Å². The first-order valence-electron chi connectivity index (χ1n) is 9.26. The first-order chi connectivity index (χ1) is 13.9. The molecule has 0 atom stereocenters. The minimum absolute atomic E-state index is 0.0315. The normalized spacial score (nSPS) is 15.2. The number of nitro benzene ring substituents is 1. The van der Waals surface area contributed by atoms with Crippen LogP contribution in [0, 0.1) is 10.1 Å². The Bertz CT molecular complexity index is 951. The third-order valence-electron chi connectivity index (χ3n) is 4.68. The van der Waals surface area contributed by atoms with Gasteiger partial charge in [-0.25, -0.2) is 0 Å². The van der Waals surface area contributed by atoms with Crippen LogP contribution in [0.4, 0.5) is 16.2 Å². The molecule has 2 aromatic carbocycles. The average molecular weight is 411 g/mol. The molecule has 1 fully saturated rings. The van der Waals surface area contributed by atoms with Crippen molar-refractivity contribution in [2.24, 2.45) is 0 Å². The lowest BCUT2D eigenvalue weighted by Gasteiger charge is -2.20. The molecule has 7 nitrogen and oxygen atoms in total. The minimum atomic E-state index is -0.488. The summed E-state index contributed by atoms with van der Waals surface area (Å²) in [6.45, 7) is 6.10. The summed E-state index contributed by atoms with van der Waals surface area (Å²) < 4.78 is 0. The number of imide groups is 1. The Morgan fingerprint density at radius 1 is 1.03 bits per heavy atom. The molecule has 0 unspecified atom stereocenters. The lowest BCUT2D eigenvalue weighted by atomic mass is 10.1. The van der Waals surface area contributed by atoms with Gasteiger partial charge in [0, 0.05) is 30.9 Å². The standard InChI is InChI=1S/C21H21N3O4S/c1-3-22(4-2)17-9-5-15(6-10-17)13-19-20(25)23(21(26)29-19)14-16-7-11-18(12-8-16)24(27)28/h5-13H,3-4,14H2,1-2H3/b19-13+. The summed E-state index contributed by atoms with van der Waals surface area (Å²) in [4.78, 5) is 39.0. The predicted octanol–water partition coefficient (Wildman–Crippen LogP) is 4.68. The summed E-state index contributed by atoms with van der Waals surface area (Å²) in [5.74, 6) is -0.355. The summed E-state index contributed by atoms with van der Waals surface area (Å²) in [6, 6.07) is 13.7. The van der Waals surface area contributed by atoms with Gasteiger partial charge in [-0.3, -0.25) is 24.6 Å². The van der Waals surface area contributed by atoms with Crippen molar-refractivity contribution in [2.45, 2.75) is 20.4 Å². The maximum Gasteiger partial charge on any atom is 0.293 e. The number of rotatable bonds is 7. The Morgan fingerprint density at radius 3 is 2.21 bits per heavy atom. The summed E-state index contributed by atoms with van der Waals surface area (Å²) in [7, 11) is 0. The van der Waals surface area contributed by atoms with Gasteiger partial charge in [-0.2, -0.15) is 0 Å². The molecule has 3 rings (SSSR count). The molecular formula is C21H21N3O4S. The van der Waals surface area contributed by atoms with E-state index < -0.39 is 4.92 Å². The molecule has 0 saturated carbocycles. The highest BCUT2D eigenvalue weighted by molar-refractivity contribution is 8.18. The van der Waals surface area contributed by atoms with E-state index in [4.69, 9.17) is 0 Å². The number of carbonyl (C=O) groups excluding carboxylic acids is 2. The highest BCUT2D eigenvalue weighted by Crippen LogP contribution is 2.33. The number of hydrogen-bond donors (Lipinski definition) is 0. The monoisotopic (exact) mass is 411 g/mol. The van der Waals surface area contributed by atoms with Crippen molar-refractivity contribution in [3.8, 4) is 0 Å². The molecule has 0 spiro atoms. The highest BCUT2D eigenvalue weighted by atomic mass is 32.2. The second-order valence-corrected chi connectivity index (χ2v) is 7.45. The zero-order valence-corrected chi connectivity index (χ0v) is 17.0. The van der Waals surface area contributed by atoms with Gasteiger partial charge in [-0.15, -0.1) is 0 Å². The molecule has 2 amide bonds. The fourth-order valence-corrected chi connectivity index (χ4v) is 3.90. The van der Waals surface area contributed by atoms with Gasteiger partial charge in [0.25, 0.3) is 16.8 Å². The largest absolute Gasteiger partial charge is 0.372 e. The number of carbonyl (C=O) groups is 2. The van der Waals surface area contributed by atoms with Crippen molar-refractivity contribution in [2.75, 3.05) is 18.0 Å². The Balaban J connectivity index is 1.73. The van der Waals surface area contributed by atoms with Crippen molar-refractivity contribution < 1.29 is 14.5 Å². The van der Waals surface area contributed by atoms with Gasteiger partial charge in [0.2, 0.25) is 0 Å². The number of amides is 2. The van der Waals surface area contributed by atoms with Gasteiger partial charge in [0.15, 0.2) is 0 Å². The van der Waals surface area contributed by atoms with Crippen molar-refractivity contribution in [3.63, 3.8) is 0 Å². The molecule has 0 aromatic heterocycles. The molecule has 8 heteroatoms. The van der Waals surface area contributed by atoms with E-state index in [9.17, 15) is 19.7 Å². The Hall–Kier alpha value is -3.13. The van der Waals surface area contributed by atoms with Crippen LogP contribution in [0.5, 0.6) is 0 Å². The van der Waals surface area contributed by atoms with Gasteiger partial charge in [0.05, 0.1) is 16.4 Å². The molecule has 0 N–H and O–H groups in total. The van der Waals surface area contributed by atoms with E-state index in [2.05, 4.69) is 18.7 Å². The highest BCUT2D eigenvalue weighted by Gasteiger charge is 2.35. The number of nitrogens with zero attached hydrogens (tertiary/aromatic N) is 3. The van der Waals surface area contributed by atoms with Crippen molar-refractivity contribution in [1.29, 1.82) is 0 Å². The molecule has 2 aromatic rings. The lowest BCUT2D eigenvalue weighted by Crippen LogP contribution is -2.27. The summed E-state index contributed by atoms with van der Waals surface area (Å²) in [6.07, 6.45) is 1.72. The third kappa shape index (κ3) is 4.65. The fraction of sp³-hybridized carbons (Fsp3) is 0.238. The van der Waals surface area contributed by atoms with Crippen LogP contribution in [0.3, 0.4) is 0 Å². The zero-order valence-electron chi connectivity index (χ0n) is 16.2. The molecule has 0 bridgehead atoms. The van der Waals surface area contributed by atoms with Crippen LogP contribution in [0.15, 0.2) is 53.4 Å². The summed E-state index contributed by atoms with van der Waals surface area (Å²) in [5, 5.41) is 10.4. The van der Waals surface area contributed by atoms with E-state index in [0.29, 0.717) is 10.5 Å². The topological polar surface area (TPSA) is 83.8 Å². The quantitative estimate of drug-likeness (QED) is 0.374. The molecule has 29 heavy (non-hydrogen) atoms. The minimum Gasteiger partial charge on any atom is -0.372 e. The first-order valence-corrected chi connectivity index (χ1v) is 10.1. The molecule has 1 aliphatic heterocycles. The first kappa shape index (κ1) is 20.6. The number of benzene rings is 2. The number of anilines is 1. The summed E-state index contributed by atoms with van der Waals surface area (Å²) in [5.41, 5.74) is 2.58. The molecule has 1 heterocycles. The molecule has 0 aliphatic carbocycles. The van der Waals surface area contributed by atoms with E-state index in [1.54, 1.807) is 18.2 Å². The Kier molecular flexibility index (Phi) is 6.33. The van der Waals surface area contributed by atoms with Crippen LogP contribution < -0.4 is 4.90 Å². The molecular weight excluding hydrogens is 390 g/mol. The van der Waals surface area contributed by atoms with Crippen LogP contribution in [-0.4, -0.2) is 34.1 Å². The van der Waals surface area contributed by atoms with Crippen molar-refractivity contribution >= 4 is 40.4 Å². The molecule has 0 radical (unpaired) electrons. The van der Waals surface area contributed by atoms with E-state index in [0.717, 1.165) is 41.0 Å². The van der Waals surface area contributed by atoms with E-state index >= 15 is 0 Å². The molecule has 1 aliphatic rings. The number of nitro groups is 1. The second kappa shape index (κ2) is 8.91. The van der Waals surface area contributed by atoms with Crippen molar-refractivity contribution in [1.82, 2.24) is 4.90 Å². The lowest BCUT2D eigenvalue weighted by molar-refractivity contribution is -0.384.